The van der Waals surface area contributed by atoms with E-state index >= 15 is 0 Å². The van der Waals surface area contributed by atoms with Crippen LogP contribution in [-0.4, -0.2) is 19.8 Å². The van der Waals surface area contributed by atoms with Gasteiger partial charge in [-0.1, -0.05) is 42.8 Å². The van der Waals surface area contributed by atoms with E-state index < -0.39 is 8.32 Å². The van der Waals surface area contributed by atoms with Crippen LogP contribution in [0.25, 0.3) is 0 Å². The monoisotopic (exact) mass is 304 g/mol. The van der Waals surface area contributed by atoms with Crippen molar-refractivity contribution in [3.63, 3.8) is 0 Å². The number of halogens is 1. The Morgan fingerprint density at radius 3 is 2.50 bits per heavy atom. The maximum absolute atomic E-state index is 6.22. The van der Waals surface area contributed by atoms with Crippen molar-refractivity contribution in [1.29, 1.82) is 0 Å². The molecular weight excluding hydrogens is 280 g/mol. The van der Waals surface area contributed by atoms with Crippen molar-refractivity contribution in [3.05, 3.63) is 11.6 Å². The van der Waals surface area contributed by atoms with Gasteiger partial charge in [-0.05, 0) is 43.0 Å². The van der Waals surface area contributed by atoms with E-state index in [0.717, 1.165) is 13.0 Å². The molecule has 0 amide bonds. The van der Waals surface area contributed by atoms with Crippen LogP contribution in [-0.2, 0) is 4.43 Å². The first-order valence-corrected chi connectivity index (χ1v) is 10.0. The van der Waals surface area contributed by atoms with Gasteiger partial charge in [0, 0.05) is 4.83 Å². The molecule has 0 aliphatic heterocycles. The molecular formula is C13H25BrOSi. The highest BCUT2D eigenvalue weighted by atomic mass is 79.9. The Hall–Kier alpha value is 0.397. The first-order chi connectivity index (χ1) is 7.22. The summed E-state index contributed by atoms with van der Waals surface area (Å²) < 4.78 is 6.22. The number of allylic oxidation sites excluding steroid dienone is 1. The van der Waals surface area contributed by atoms with E-state index in [1.54, 1.807) is 0 Å². The fourth-order valence-electron chi connectivity index (χ4n) is 1.48. The van der Waals surface area contributed by atoms with Crippen LogP contribution in [0.5, 0.6) is 0 Å². The molecule has 0 aromatic heterocycles. The molecule has 0 radical (unpaired) electrons. The van der Waals surface area contributed by atoms with Crippen LogP contribution < -0.4 is 0 Å². The zero-order valence-electron chi connectivity index (χ0n) is 11.3. The molecule has 1 unspecified atom stereocenters. The van der Waals surface area contributed by atoms with Crippen LogP contribution in [0.1, 0.15) is 40.0 Å². The normalized spacial score (nSPS) is 23.1. The second-order valence-corrected chi connectivity index (χ2v) is 12.4. The van der Waals surface area contributed by atoms with Gasteiger partial charge in [-0.15, -0.1) is 0 Å². The van der Waals surface area contributed by atoms with Gasteiger partial charge >= 0.3 is 0 Å². The maximum atomic E-state index is 6.22. The lowest BCUT2D eigenvalue weighted by atomic mass is 10.0. The molecule has 0 heterocycles. The van der Waals surface area contributed by atoms with Gasteiger partial charge in [0.2, 0.25) is 0 Å². The lowest BCUT2D eigenvalue weighted by Crippen LogP contribution is -2.41. The van der Waals surface area contributed by atoms with Crippen LogP contribution in [0.4, 0.5) is 0 Å². The molecule has 0 aromatic carbocycles. The molecule has 1 rings (SSSR count). The minimum atomic E-state index is -1.56. The van der Waals surface area contributed by atoms with Crippen LogP contribution in [0.3, 0.4) is 0 Å². The Morgan fingerprint density at radius 2 is 2.06 bits per heavy atom. The fourth-order valence-corrected chi connectivity index (χ4v) is 2.87. The molecule has 0 fully saturated rings. The Labute approximate surface area is 110 Å². The van der Waals surface area contributed by atoms with Gasteiger partial charge in [-0.2, -0.15) is 0 Å². The van der Waals surface area contributed by atoms with Gasteiger partial charge in [0.05, 0.1) is 6.61 Å². The summed E-state index contributed by atoms with van der Waals surface area (Å²) in [6.45, 7) is 12.4. The Morgan fingerprint density at radius 1 is 1.44 bits per heavy atom. The summed E-state index contributed by atoms with van der Waals surface area (Å²) in [6.07, 6.45) is 5.98. The van der Waals surface area contributed by atoms with Gasteiger partial charge in [0.1, 0.15) is 0 Å². The molecule has 1 nitrogen and oxygen atoms in total. The Bertz CT molecular complexity index is 266. The number of hydrogen-bond donors (Lipinski definition) is 0. The van der Waals surface area contributed by atoms with Crippen molar-refractivity contribution in [3.8, 4) is 0 Å². The van der Waals surface area contributed by atoms with Gasteiger partial charge in [0.15, 0.2) is 8.32 Å². The largest absolute Gasteiger partial charge is 0.413 e. The third-order valence-corrected chi connectivity index (χ3v) is 9.18. The smallest absolute Gasteiger partial charge is 0.192 e. The van der Waals surface area contributed by atoms with Gasteiger partial charge in [0.25, 0.3) is 0 Å². The predicted octanol–water partition coefficient (Wildman–Crippen LogP) is 4.88. The molecule has 1 atom stereocenters. The zero-order valence-corrected chi connectivity index (χ0v) is 13.9. The topological polar surface area (TPSA) is 9.23 Å². The van der Waals surface area contributed by atoms with E-state index in [2.05, 4.69) is 55.9 Å². The van der Waals surface area contributed by atoms with Crippen molar-refractivity contribution < 1.29 is 4.43 Å². The molecule has 0 N–H and O–H groups in total. The highest BCUT2D eigenvalue weighted by Gasteiger charge is 2.37. The standard InChI is InChI=1S/C13H25BrOSi/c1-13(2,3)16(4,5)15-10-11-6-8-12(14)9-7-11/h6,12H,7-10H2,1-5H3. The molecule has 16 heavy (non-hydrogen) atoms. The minimum absolute atomic E-state index is 0.320. The third kappa shape index (κ3) is 4.01. The quantitative estimate of drug-likeness (QED) is 0.410. The van der Waals surface area contributed by atoms with E-state index in [1.165, 1.54) is 18.4 Å². The predicted molar refractivity (Wildman–Crippen MR) is 77.8 cm³/mol. The van der Waals surface area contributed by atoms with Gasteiger partial charge < -0.3 is 4.43 Å². The molecule has 0 aromatic rings. The molecule has 1 aliphatic carbocycles. The van der Waals surface area contributed by atoms with E-state index in [1.807, 2.05) is 0 Å². The van der Waals surface area contributed by atoms with Crippen LogP contribution in [0.2, 0.25) is 18.1 Å². The maximum Gasteiger partial charge on any atom is 0.192 e. The van der Waals surface area contributed by atoms with Crippen molar-refractivity contribution in [2.45, 2.75) is 63.0 Å². The number of hydrogen-bond acceptors (Lipinski definition) is 1. The van der Waals surface area contributed by atoms with E-state index in [-0.39, 0.29) is 0 Å². The van der Waals surface area contributed by atoms with Crippen LogP contribution in [0.15, 0.2) is 11.6 Å². The highest BCUT2D eigenvalue weighted by Crippen LogP contribution is 2.37. The highest BCUT2D eigenvalue weighted by molar-refractivity contribution is 9.09. The molecule has 0 saturated heterocycles. The number of rotatable bonds is 3. The van der Waals surface area contributed by atoms with Crippen molar-refractivity contribution in [2.24, 2.45) is 0 Å². The van der Waals surface area contributed by atoms with Gasteiger partial charge in [-0.3, -0.25) is 0 Å². The summed E-state index contributed by atoms with van der Waals surface area (Å²) in [4.78, 5) is 0.684. The summed E-state index contributed by atoms with van der Waals surface area (Å²) in [5.41, 5.74) is 1.50. The van der Waals surface area contributed by atoms with Crippen molar-refractivity contribution >= 4 is 24.2 Å². The molecule has 3 heteroatoms. The van der Waals surface area contributed by atoms with Crippen LogP contribution in [0, 0.1) is 0 Å². The second-order valence-electron chi connectivity index (χ2n) is 6.28. The molecule has 0 spiro atoms. The van der Waals surface area contributed by atoms with Gasteiger partial charge in [-0.25, -0.2) is 0 Å². The zero-order chi connectivity index (χ0) is 12.4. The third-order valence-electron chi connectivity index (χ3n) is 3.87. The lowest BCUT2D eigenvalue weighted by Gasteiger charge is -2.36. The number of alkyl halides is 1. The van der Waals surface area contributed by atoms with E-state index in [0.29, 0.717) is 9.87 Å². The summed E-state index contributed by atoms with van der Waals surface area (Å²) in [5.74, 6) is 0. The first kappa shape index (κ1) is 14.5. The summed E-state index contributed by atoms with van der Waals surface area (Å²) in [6, 6.07) is 0. The Balaban J connectivity index is 2.46. The first-order valence-electron chi connectivity index (χ1n) is 6.18. The van der Waals surface area contributed by atoms with Crippen molar-refractivity contribution in [1.82, 2.24) is 0 Å². The average molecular weight is 305 g/mol. The Kier molecular flexibility index (Phi) is 4.84. The average Bonchev–Trinajstić information content (AvgIpc) is 2.15. The fraction of sp³-hybridized carbons (Fsp3) is 0.846. The summed E-state index contributed by atoms with van der Waals surface area (Å²) in [5, 5.41) is 0.320. The molecule has 94 valence electrons. The second kappa shape index (κ2) is 5.36. The molecule has 0 saturated carbocycles. The van der Waals surface area contributed by atoms with Crippen molar-refractivity contribution in [2.75, 3.05) is 6.61 Å². The summed E-state index contributed by atoms with van der Waals surface area (Å²) in [7, 11) is -1.56. The SMILES string of the molecule is CC(C)(C)[Si](C)(C)OCC1=CCC(Br)CC1. The molecule has 1 aliphatic rings. The lowest BCUT2D eigenvalue weighted by molar-refractivity contribution is 0.312. The minimum Gasteiger partial charge on any atom is -0.413 e. The van der Waals surface area contributed by atoms with E-state index in [9.17, 15) is 0 Å². The van der Waals surface area contributed by atoms with E-state index in [4.69, 9.17) is 4.43 Å². The summed E-state index contributed by atoms with van der Waals surface area (Å²) >= 11 is 3.66. The van der Waals surface area contributed by atoms with Crippen LogP contribution >= 0.6 is 15.9 Å². The molecule has 0 bridgehead atoms.